The van der Waals surface area contributed by atoms with E-state index < -0.39 is 10.0 Å². The van der Waals surface area contributed by atoms with Gasteiger partial charge < -0.3 is 5.73 Å². The Morgan fingerprint density at radius 1 is 1.15 bits per heavy atom. The summed E-state index contributed by atoms with van der Waals surface area (Å²) in [6.07, 6.45) is 1.53. The third-order valence-corrected chi connectivity index (χ3v) is 4.47. The zero-order valence-electron chi connectivity index (χ0n) is 11.4. The van der Waals surface area contributed by atoms with Crippen molar-refractivity contribution in [3.8, 4) is 0 Å². The molecular formula is C14H17N3O2S. The van der Waals surface area contributed by atoms with Crippen LogP contribution in [-0.4, -0.2) is 13.4 Å². The average molecular weight is 291 g/mol. The first-order valence-electron chi connectivity index (χ1n) is 6.18. The molecule has 3 N–H and O–H groups in total. The van der Waals surface area contributed by atoms with Crippen LogP contribution in [-0.2, 0) is 16.6 Å². The summed E-state index contributed by atoms with van der Waals surface area (Å²) in [5.74, 6) is 0. The predicted molar refractivity (Wildman–Crippen MR) is 78.9 cm³/mol. The van der Waals surface area contributed by atoms with Crippen LogP contribution in [0, 0.1) is 13.8 Å². The van der Waals surface area contributed by atoms with E-state index in [0.717, 1.165) is 11.1 Å². The van der Waals surface area contributed by atoms with Crippen LogP contribution in [0.3, 0.4) is 0 Å². The Hall–Kier alpha value is -1.92. The highest BCUT2D eigenvalue weighted by Gasteiger charge is 2.20. The number of benzene rings is 1. The molecule has 0 unspecified atom stereocenters. The first-order valence-corrected chi connectivity index (χ1v) is 7.67. The van der Waals surface area contributed by atoms with E-state index in [-0.39, 0.29) is 11.4 Å². The van der Waals surface area contributed by atoms with E-state index in [1.165, 1.54) is 12.3 Å². The third-order valence-electron chi connectivity index (χ3n) is 3.05. The minimum Gasteiger partial charge on any atom is -0.325 e. The lowest BCUT2D eigenvalue weighted by molar-refractivity contribution is 0.599. The highest BCUT2D eigenvalue weighted by Crippen LogP contribution is 2.24. The van der Waals surface area contributed by atoms with E-state index >= 15 is 0 Å². The van der Waals surface area contributed by atoms with Crippen LogP contribution in [0.5, 0.6) is 0 Å². The SMILES string of the molecule is Cc1cccc(C)c1NS(=O)(=O)c1cccnc1CN. The highest BCUT2D eigenvalue weighted by atomic mass is 32.2. The van der Waals surface area contributed by atoms with E-state index in [0.29, 0.717) is 11.4 Å². The molecule has 6 heteroatoms. The molecular weight excluding hydrogens is 274 g/mol. The highest BCUT2D eigenvalue weighted by molar-refractivity contribution is 7.92. The topological polar surface area (TPSA) is 85.1 Å². The Bertz CT molecular complexity index is 707. The molecule has 106 valence electrons. The van der Waals surface area contributed by atoms with Gasteiger partial charge in [0.2, 0.25) is 0 Å². The summed E-state index contributed by atoms with van der Waals surface area (Å²) >= 11 is 0. The lowest BCUT2D eigenvalue weighted by Gasteiger charge is -2.14. The number of aromatic nitrogens is 1. The molecule has 0 atom stereocenters. The van der Waals surface area contributed by atoms with Gasteiger partial charge in [-0.05, 0) is 37.1 Å². The van der Waals surface area contributed by atoms with E-state index in [4.69, 9.17) is 5.73 Å². The lowest BCUT2D eigenvalue weighted by atomic mass is 10.1. The van der Waals surface area contributed by atoms with Crippen molar-refractivity contribution in [3.63, 3.8) is 0 Å². The summed E-state index contributed by atoms with van der Waals surface area (Å²) in [5, 5.41) is 0. The van der Waals surface area contributed by atoms with Gasteiger partial charge in [0.25, 0.3) is 10.0 Å². The Morgan fingerprint density at radius 3 is 2.40 bits per heavy atom. The summed E-state index contributed by atoms with van der Waals surface area (Å²) in [6, 6.07) is 8.69. The van der Waals surface area contributed by atoms with Crippen molar-refractivity contribution in [2.45, 2.75) is 25.3 Å². The minimum atomic E-state index is -3.69. The molecule has 0 amide bonds. The molecule has 0 saturated heterocycles. The molecule has 0 aliphatic heterocycles. The van der Waals surface area contributed by atoms with Crippen molar-refractivity contribution in [2.75, 3.05) is 4.72 Å². The smallest absolute Gasteiger partial charge is 0.263 e. The molecule has 0 aliphatic carbocycles. The van der Waals surface area contributed by atoms with Gasteiger partial charge >= 0.3 is 0 Å². The van der Waals surface area contributed by atoms with Crippen molar-refractivity contribution >= 4 is 15.7 Å². The number of nitrogens with two attached hydrogens (primary N) is 1. The summed E-state index contributed by atoms with van der Waals surface area (Å²) in [6.45, 7) is 3.79. The van der Waals surface area contributed by atoms with Gasteiger partial charge in [0.15, 0.2) is 0 Å². The van der Waals surface area contributed by atoms with E-state index in [1.807, 2.05) is 32.0 Å². The fourth-order valence-corrected chi connectivity index (χ4v) is 3.39. The van der Waals surface area contributed by atoms with Crippen molar-refractivity contribution < 1.29 is 8.42 Å². The molecule has 0 saturated carbocycles. The van der Waals surface area contributed by atoms with Gasteiger partial charge in [-0.3, -0.25) is 9.71 Å². The molecule has 1 heterocycles. The quantitative estimate of drug-likeness (QED) is 0.901. The van der Waals surface area contributed by atoms with Crippen molar-refractivity contribution in [2.24, 2.45) is 5.73 Å². The molecule has 2 rings (SSSR count). The summed E-state index contributed by atoms with van der Waals surface area (Å²) in [4.78, 5) is 4.12. The van der Waals surface area contributed by atoms with E-state index in [9.17, 15) is 8.42 Å². The predicted octanol–water partition coefficient (Wildman–Crippen LogP) is 1.96. The van der Waals surface area contributed by atoms with Crippen LogP contribution >= 0.6 is 0 Å². The Kier molecular flexibility index (Phi) is 4.06. The molecule has 1 aromatic carbocycles. The maximum absolute atomic E-state index is 12.5. The molecule has 0 fully saturated rings. The summed E-state index contributed by atoms with van der Waals surface area (Å²) in [7, 11) is -3.69. The average Bonchev–Trinajstić information content (AvgIpc) is 2.43. The van der Waals surface area contributed by atoms with Crippen molar-refractivity contribution in [3.05, 3.63) is 53.3 Å². The van der Waals surface area contributed by atoms with Crippen LogP contribution in [0.25, 0.3) is 0 Å². The number of para-hydroxylation sites is 1. The van der Waals surface area contributed by atoms with Crippen LogP contribution in [0.1, 0.15) is 16.8 Å². The summed E-state index contributed by atoms with van der Waals surface area (Å²) in [5.41, 5.74) is 8.23. The summed E-state index contributed by atoms with van der Waals surface area (Å²) < 4.78 is 27.6. The maximum Gasteiger partial charge on any atom is 0.263 e. The van der Waals surface area contributed by atoms with Crippen LogP contribution < -0.4 is 10.5 Å². The van der Waals surface area contributed by atoms with Crippen molar-refractivity contribution in [1.82, 2.24) is 4.98 Å². The molecule has 0 bridgehead atoms. The maximum atomic E-state index is 12.5. The van der Waals surface area contributed by atoms with Gasteiger partial charge in [-0.25, -0.2) is 8.42 Å². The second kappa shape index (κ2) is 5.60. The van der Waals surface area contributed by atoms with Crippen molar-refractivity contribution in [1.29, 1.82) is 0 Å². The van der Waals surface area contributed by atoms with Crippen LogP contribution in [0.15, 0.2) is 41.4 Å². The van der Waals surface area contributed by atoms with E-state index in [1.54, 1.807) is 6.07 Å². The second-order valence-electron chi connectivity index (χ2n) is 4.52. The number of aryl methyl sites for hydroxylation is 2. The largest absolute Gasteiger partial charge is 0.325 e. The lowest BCUT2D eigenvalue weighted by Crippen LogP contribution is -2.18. The van der Waals surface area contributed by atoms with Crippen LogP contribution in [0.4, 0.5) is 5.69 Å². The molecule has 5 nitrogen and oxygen atoms in total. The zero-order valence-corrected chi connectivity index (χ0v) is 12.2. The number of rotatable bonds is 4. The normalized spacial score (nSPS) is 11.3. The minimum absolute atomic E-state index is 0.0733. The van der Waals surface area contributed by atoms with Gasteiger partial charge in [0, 0.05) is 12.7 Å². The second-order valence-corrected chi connectivity index (χ2v) is 6.18. The number of pyridine rings is 1. The molecule has 0 aliphatic rings. The standard InChI is InChI=1S/C14H17N3O2S/c1-10-5-3-6-11(2)14(10)17-20(18,19)13-7-4-8-16-12(13)9-15/h3-8,17H,9,15H2,1-2H3. The fourth-order valence-electron chi connectivity index (χ4n) is 1.99. The number of hydrogen-bond donors (Lipinski definition) is 2. The fraction of sp³-hybridized carbons (Fsp3) is 0.214. The number of hydrogen-bond acceptors (Lipinski definition) is 4. The molecule has 1 aromatic heterocycles. The van der Waals surface area contributed by atoms with Gasteiger partial charge in [0.05, 0.1) is 11.4 Å². The Labute approximate surface area is 118 Å². The monoisotopic (exact) mass is 291 g/mol. The zero-order chi connectivity index (χ0) is 14.8. The number of nitrogens with zero attached hydrogens (tertiary/aromatic N) is 1. The molecule has 20 heavy (non-hydrogen) atoms. The number of sulfonamides is 1. The first-order chi connectivity index (χ1) is 9.45. The van der Waals surface area contributed by atoms with Gasteiger partial charge in [-0.15, -0.1) is 0 Å². The molecule has 0 spiro atoms. The molecule has 2 aromatic rings. The third kappa shape index (κ3) is 2.81. The Morgan fingerprint density at radius 2 is 1.80 bits per heavy atom. The Balaban J connectivity index is 2.47. The number of nitrogens with one attached hydrogen (secondary N) is 1. The van der Waals surface area contributed by atoms with Crippen LogP contribution in [0.2, 0.25) is 0 Å². The van der Waals surface area contributed by atoms with Gasteiger partial charge in [-0.2, -0.15) is 0 Å². The molecule has 0 radical (unpaired) electrons. The first kappa shape index (κ1) is 14.5. The van der Waals surface area contributed by atoms with Gasteiger partial charge in [0.1, 0.15) is 4.90 Å². The van der Waals surface area contributed by atoms with E-state index in [2.05, 4.69) is 9.71 Å². The number of anilines is 1. The van der Waals surface area contributed by atoms with Gasteiger partial charge in [-0.1, -0.05) is 18.2 Å².